The molecule has 0 aliphatic heterocycles. The van der Waals surface area contributed by atoms with Gasteiger partial charge in [-0.25, -0.2) is 14.2 Å². The smallest absolute Gasteiger partial charge is 0.235 e. The zero-order chi connectivity index (χ0) is 10.7. The number of carbonyl (C=O) groups excluding carboxylic acids is 1. The van der Waals surface area contributed by atoms with E-state index in [0.717, 1.165) is 6.07 Å². The van der Waals surface area contributed by atoms with E-state index in [1.54, 1.807) is 0 Å². The van der Waals surface area contributed by atoms with Gasteiger partial charge in [0.1, 0.15) is 11.6 Å². The maximum Gasteiger partial charge on any atom is 0.235 e. The molecule has 0 heterocycles. The molecule has 0 amide bonds. The number of isocyanates is 1. The van der Waals surface area contributed by atoms with E-state index < -0.39 is 5.82 Å². The molecule has 14 heavy (non-hydrogen) atoms. The van der Waals surface area contributed by atoms with Gasteiger partial charge in [-0.05, 0) is 18.6 Å². The first kappa shape index (κ1) is 10.7. The lowest BCUT2D eigenvalue weighted by Gasteiger charge is -2.07. The van der Waals surface area contributed by atoms with Crippen molar-refractivity contribution >= 4 is 17.7 Å². The lowest BCUT2D eigenvalue weighted by molar-refractivity contribution is 0.464. The molecule has 0 radical (unpaired) electrons. The van der Waals surface area contributed by atoms with Gasteiger partial charge < -0.3 is 5.11 Å². The molecular formula is C9H7ClFNO2. The summed E-state index contributed by atoms with van der Waals surface area (Å²) in [4.78, 5) is 13.1. The van der Waals surface area contributed by atoms with Crippen LogP contribution in [0.1, 0.15) is 11.1 Å². The Morgan fingerprint density at radius 3 is 2.93 bits per heavy atom. The predicted molar refractivity (Wildman–Crippen MR) is 49.6 cm³/mol. The van der Waals surface area contributed by atoms with Gasteiger partial charge in [0.25, 0.3) is 0 Å². The van der Waals surface area contributed by atoms with Gasteiger partial charge in [0.15, 0.2) is 0 Å². The quantitative estimate of drug-likeness (QED) is 0.608. The van der Waals surface area contributed by atoms with Crippen LogP contribution in [0.5, 0.6) is 5.75 Å². The molecule has 1 N–H and O–H groups in total. The highest BCUT2D eigenvalue weighted by molar-refractivity contribution is 6.32. The second-order valence-corrected chi connectivity index (χ2v) is 3.11. The van der Waals surface area contributed by atoms with Crippen LogP contribution >= 0.6 is 11.6 Å². The Kier molecular flexibility index (Phi) is 3.23. The Bertz CT molecular complexity index is 388. The molecule has 0 atom stereocenters. The second kappa shape index (κ2) is 4.22. The lowest BCUT2D eigenvalue weighted by Crippen LogP contribution is -1.93. The topological polar surface area (TPSA) is 49.7 Å². The average molecular weight is 216 g/mol. The molecule has 0 unspecified atom stereocenters. The molecule has 1 aromatic carbocycles. The van der Waals surface area contributed by atoms with Crippen LogP contribution in [0.2, 0.25) is 5.02 Å². The van der Waals surface area contributed by atoms with Crippen molar-refractivity contribution in [2.24, 2.45) is 4.99 Å². The fourth-order valence-corrected chi connectivity index (χ4v) is 1.27. The van der Waals surface area contributed by atoms with Crippen LogP contribution in [0.15, 0.2) is 11.1 Å². The standard InChI is InChI=1S/C9H7ClFNO2/c1-5-6(3-12-4-13)9(14)7(10)2-8(5)11/h2,14H,3H2,1H3. The van der Waals surface area contributed by atoms with Crippen LogP contribution < -0.4 is 0 Å². The minimum atomic E-state index is -0.538. The Morgan fingerprint density at radius 2 is 2.36 bits per heavy atom. The van der Waals surface area contributed by atoms with Crippen molar-refractivity contribution in [3.63, 3.8) is 0 Å². The van der Waals surface area contributed by atoms with Gasteiger partial charge in [-0.3, -0.25) is 0 Å². The van der Waals surface area contributed by atoms with Gasteiger partial charge in [0.05, 0.1) is 11.6 Å². The highest BCUT2D eigenvalue weighted by Gasteiger charge is 2.13. The molecule has 0 aliphatic rings. The zero-order valence-corrected chi connectivity index (χ0v) is 8.10. The summed E-state index contributed by atoms with van der Waals surface area (Å²) in [6.07, 6.45) is 1.31. The number of phenols is 1. The summed E-state index contributed by atoms with van der Waals surface area (Å²) in [7, 11) is 0. The summed E-state index contributed by atoms with van der Waals surface area (Å²) >= 11 is 5.54. The van der Waals surface area contributed by atoms with Gasteiger partial charge in [-0.15, -0.1) is 0 Å². The Morgan fingerprint density at radius 1 is 1.71 bits per heavy atom. The monoisotopic (exact) mass is 215 g/mol. The molecule has 0 aliphatic carbocycles. The Hall–Kier alpha value is -1.38. The van der Waals surface area contributed by atoms with Crippen molar-refractivity contribution in [1.29, 1.82) is 0 Å². The molecule has 0 bridgehead atoms. The molecule has 0 fully saturated rings. The summed E-state index contributed by atoms with van der Waals surface area (Å²) in [5.74, 6) is -0.784. The third kappa shape index (κ3) is 1.92. The zero-order valence-electron chi connectivity index (χ0n) is 7.34. The summed E-state index contributed by atoms with van der Waals surface area (Å²) in [6.45, 7) is 1.35. The summed E-state index contributed by atoms with van der Waals surface area (Å²) in [5.41, 5.74) is 0.434. The van der Waals surface area contributed by atoms with Crippen LogP contribution in [0.3, 0.4) is 0 Å². The van der Waals surface area contributed by atoms with E-state index in [4.69, 9.17) is 11.6 Å². The van der Waals surface area contributed by atoms with E-state index in [1.165, 1.54) is 13.0 Å². The van der Waals surface area contributed by atoms with Gasteiger partial charge in [0, 0.05) is 5.56 Å². The maximum atomic E-state index is 13.1. The minimum absolute atomic E-state index is 0.0933. The molecule has 3 nitrogen and oxygen atoms in total. The fourth-order valence-electron chi connectivity index (χ4n) is 1.06. The SMILES string of the molecule is Cc1c(F)cc(Cl)c(O)c1CN=C=O. The van der Waals surface area contributed by atoms with Gasteiger partial charge in [0.2, 0.25) is 6.08 Å². The molecule has 0 spiro atoms. The highest BCUT2D eigenvalue weighted by atomic mass is 35.5. The van der Waals surface area contributed by atoms with Crippen molar-refractivity contribution in [1.82, 2.24) is 0 Å². The molecule has 1 aromatic rings. The van der Waals surface area contributed by atoms with Crippen molar-refractivity contribution in [2.45, 2.75) is 13.5 Å². The number of phenolic OH excluding ortho intramolecular Hbond substituents is 1. The first-order valence-corrected chi connectivity index (χ1v) is 4.15. The van der Waals surface area contributed by atoms with Crippen LogP contribution in [-0.4, -0.2) is 11.2 Å². The molecule has 74 valence electrons. The number of aliphatic imine (C=N–C) groups is 1. The van der Waals surface area contributed by atoms with Crippen molar-refractivity contribution < 1.29 is 14.3 Å². The van der Waals surface area contributed by atoms with E-state index in [2.05, 4.69) is 4.99 Å². The minimum Gasteiger partial charge on any atom is -0.506 e. The third-order valence-corrected chi connectivity index (χ3v) is 2.17. The largest absolute Gasteiger partial charge is 0.506 e. The van der Waals surface area contributed by atoms with E-state index in [-0.39, 0.29) is 28.4 Å². The van der Waals surface area contributed by atoms with Crippen LogP contribution in [0.4, 0.5) is 4.39 Å². The van der Waals surface area contributed by atoms with Crippen LogP contribution in [0, 0.1) is 12.7 Å². The predicted octanol–water partition coefficient (Wildman–Crippen LogP) is 2.33. The number of aromatic hydroxyl groups is 1. The lowest BCUT2D eigenvalue weighted by atomic mass is 10.1. The highest BCUT2D eigenvalue weighted by Crippen LogP contribution is 2.32. The van der Waals surface area contributed by atoms with Crippen LogP contribution in [-0.2, 0) is 11.3 Å². The maximum absolute atomic E-state index is 13.1. The van der Waals surface area contributed by atoms with E-state index in [9.17, 15) is 14.3 Å². The summed E-state index contributed by atoms with van der Waals surface area (Å²) in [6, 6.07) is 1.01. The number of hydrogen-bond acceptors (Lipinski definition) is 3. The number of benzene rings is 1. The van der Waals surface area contributed by atoms with Crippen molar-refractivity contribution in [3.05, 3.63) is 28.0 Å². The number of hydrogen-bond donors (Lipinski definition) is 1. The van der Waals surface area contributed by atoms with E-state index in [1.807, 2.05) is 0 Å². The normalized spacial score (nSPS) is 9.64. The van der Waals surface area contributed by atoms with Gasteiger partial charge in [-0.2, -0.15) is 0 Å². The fraction of sp³-hybridized carbons (Fsp3) is 0.222. The molecule has 0 saturated carbocycles. The van der Waals surface area contributed by atoms with E-state index in [0.29, 0.717) is 0 Å². The summed E-state index contributed by atoms with van der Waals surface area (Å²) in [5, 5.41) is 9.35. The van der Waals surface area contributed by atoms with Crippen molar-refractivity contribution in [3.8, 4) is 5.75 Å². The average Bonchev–Trinajstić information content (AvgIpc) is 2.15. The molecule has 0 saturated heterocycles. The first-order chi connectivity index (χ1) is 6.57. The molecule has 0 aromatic heterocycles. The Balaban J connectivity index is 3.31. The van der Waals surface area contributed by atoms with Crippen LogP contribution in [0.25, 0.3) is 0 Å². The van der Waals surface area contributed by atoms with E-state index >= 15 is 0 Å². The first-order valence-electron chi connectivity index (χ1n) is 3.78. The third-order valence-electron chi connectivity index (χ3n) is 1.88. The summed E-state index contributed by atoms with van der Waals surface area (Å²) < 4.78 is 13.1. The Labute approximate surface area is 84.8 Å². The number of halogens is 2. The molecular weight excluding hydrogens is 209 g/mol. The number of nitrogens with zero attached hydrogens (tertiary/aromatic N) is 1. The second-order valence-electron chi connectivity index (χ2n) is 2.70. The van der Waals surface area contributed by atoms with Gasteiger partial charge >= 0.3 is 0 Å². The number of rotatable bonds is 2. The van der Waals surface area contributed by atoms with Crippen molar-refractivity contribution in [2.75, 3.05) is 0 Å². The van der Waals surface area contributed by atoms with Gasteiger partial charge in [-0.1, -0.05) is 11.6 Å². The molecule has 1 rings (SSSR count). The molecule has 5 heteroatoms.